The highest BCUT2D eigenvalue weighted by atomic mass is 33.2. The first kappa shape index (κ1) is 11.1. The molecule has 0 fully saturated rings. The highest BCUT2D eigenvalue weighted by Crippen LogP contribution is 1.98. The van der Waals surface area contributed by atoms with E-state index in [0.29, 0.717) is 6.42 Å². The molecule has 0 heterocycles. The molecule has 0 aromatic carbocycles. The van der Waals surface area contributed by atoms with Gasteiger partial charge < -0.3 is 0 Å². The van der Waals surface area contributed by atoms with Gasteiger partial charge in [0.25, 0.3) is 9.06 Å². The molecule has 0 aromatic heterocycles. The average Bonchev–Trinajstić information content (AvgIpc) is 1.86. The van der Waals surface area contributed by atoms with E-state index in [1.807, 2.05) is 6.92 Å². The molecule has 1 unspecified atom stereocenters. The highest BCUT2D eigenvalue weighted by molar-refractivity contribution is 8.63. The number of nitrogens with two attached hydrogens (primary N) is 1. The van der Waals surface area contributed by atoms with E-state index in [4.69, 9.17) is 0 Å². The molecule has 0 aromatic rings. The van der Waals surface area contributed by atoms with E-state index < -0.39 is 18.9 Å². The summed E-state index contributed by atoms with van der Waals surface area (Å²) in [6.07, 6.45) is 2.52. The lowest BCUT2D eigenvalue weighted by Gasteiger charge is -1.96. The van der Waals surface area contributed by atoms with E-state index in [-0.39, 0.29) is 5.75 Å². The van der Waals surface area contributed by atoms with Crippen LogP contribution >= 0.6 is 0 Å². The van der Waals surface area contributed by atoms with Gasteiger partial charge in [0.1, 0.15) is 0 Å². The molecule has 11 heavy (non-hydrogen) atoms. The van der Waals surface area contributed by atoms with Crippen LogP contribution in [0.25, 0.3) is 0 Å². The Kier molecular flexibility index (Phi) is 4.87. The minimum Gasteiger partial charge on any atom is -0.242 e. The Balaban J connectivity index is 3.72. The average molecular weight is 199 g/mol. The third kappa shape index (κ3) is 5.34. The first-order chi connectivity index (χ1) is 4.98. The second kappa shape index (κ2) is 4.84. The zero-order chi connectivity index (χ0) is 8.91. The van der Waals surface area contributed by atoms with Crippen LogP contribution in [0, 0.1) is 0 Å². The van der Waals surface area contributed by atoms with Crippen molar-refractivity contribution in [2.75, 3.05) is 5.75 Å². The van der Waals surface area contributed by atoms with Crippen molar-refractivity contribution in [1.29, 1.82) is 0 Å². The summed E-state index contributed by atoms with van der Waals surface area (Å²) in [5.41, 5.74) is 0. The van der Waals surface area contributed by atoms with Crippen molar-refractivity contribution in [2.45, 2.75) is 26.2 Å². The fraction of sp³-hybridized carbons (Fsp3) is 1.00. The highest BCUT2D eigenvalue weighted by Gasteiger charge is 2.12. The molecule has 0 saturated heterocycles. The van der Waals surface area contributed by atoms with Gasteiger partial charge in [0.2, 0.25) is 0 Å². The number of hydrogen-bond acceptors (Lipinski definition) is 3. The molecule has 0 radical (unpaired) electrons. The lowest BCUT2D eigenvalue weighted by atomic mass is 10.3. The van der Waals surface area contributed by atoms with Crippen LogP contribution < -0.4 is 5.14 Å². The third-order valence-corrected chi connectivity index (χ3v) is 4.37. The van der Waals surface area contributed by atoms with Gasteiger partial charge in [0.15, 0.2) is 9.83 Å². The quantitative estimate of drug-likeness (QED) is 0.505. The number of hydrogen-bond donors (Lipinski definition) is 1. The molecule has 2 N–H and O–H groups in total. The van der Waals surface area contributed by atoms with Crippen LogP contribution in [0.4, 0.5) is 0 Å². The minimum atomic E-state index is -3.81. The van der Waals surface area contributed by atoms with Crippen molar-refractivity contribution >= 4 is 18.9 Å². The van der Waals surface area contributed by atoms with Crippen LogP contribution in [0.15, 0.2) is 0 Å². The first-order valence-electron chi connectivity index (χ1n) is 3.40. The Morgan fingerprint density at radius 1 is 1.36 bits per heavy atom. The Bertz CT molecular complexity index is 222. The Morgan fingerprint density at radius 2 is 1.91 bits per heavy atom. The Labute approximate surface area is 69.1 Å². The second-order valence-corrected chi connectivity index (χ2v) is 6.72. The molecule has 0 aliphatic carbocycles. The van der Waals surface area contributed by atoms with Gasteiger partial charge in [-0.2, -0.15) is 8.42 Å². The van der Waals surface area contributed by atoms with Gasteiger partial charge in [0.05, 0.1) is 0 Å². The molecule has 0 spiro atoms. The maximum atomic E-state index is 10.7. The molecule has 4 nitrogen and oxygen atoms in total. The number of unbranched alkanes of at least 4 members (excludes halogenated alkanes) is 2. The molecule has 0 saturated carbocycles. The second-order valence-electron chi connectivity index (χ2n) is 2.21. The first-order valence-corrected chi connectivity index (χ1v) is 6.78. The van der Waals surface area contributed by atoms with E-state index in [0.717, 1.165) is 12.8 Å². The predicted octanol–water partition coefficient (Wildman–Crippen LogP) is 0.129. The van der Waals surface area contributed by atoms with Crippen LogP contribution in [-0.4, -0.2) is 18.4 Å². The van der Waals surface area contributed by atoms with Gasteiger partial charge in [-0.1, -0.05) is 19.8 Å². The smallest absolute Gasteiger partial charge is 0.242 e. The van der Waals surface area contributed by atoms with Gasteiger partial charge in [0, 0.05) is 5.75 Å². The van der Waals surface area contributed by atoms with Crippen molar-refractivity contribution in [1.82, 2.24) is 0 Å². The maximum absolute atomic E-state index is 10.7. The van der Waals surface area contributed by atoms with Crippen LogP contribution in [0.1, 0.15) is 26.2 Å². The standard InChI is InChI=1S/C5H13NO3S2/c1-2-3-4-5-10(7)11(6,8)9/h2-5H2,1H3,(H2,6,8,9). The zero-order valence-electron chi connectivity index (χ0n) is 6.45. The molecule has 0 rings (SSSR count). The summed E-state index contributed by atoms with van der Waals surface area (Å²) in [5.74, 6) is 0.159. The zero-order valence-corrected chi connectivity index (χ0v) is 8.08. The lowest BCUT2D eigenvalue weighted by molar-refractivity contribution is 0.606. The molecule has 0 aliphatic heterocycles. The van der Waals surface area contributed by atoms with Gasteiger partial charge >= 0.3 is 0 Å². The predicted molar refractivity (Wildman–Crippen MR) is 45.6 cm³/mol. The Hall–Kier alpha value is 0.0600. The lowest BCUT2D eigenvalue weighted by Crippen LogP contribution is -2.20. The maximum Gasteiger partial charge on any atom is 0.290 e. The summed E-state index contributed by atoms with van der Waals surface area (Å²) in [4.78, 5) is 0. The van der Waals surface area contributed by atoms with Crippen molar-refractivity contribution in [3.8, 4) is 0 Å². The SMILES string of the molecule is CCCCCS(=O)S(N)(=O)=O. The molecular weight excluding hydrogens is 186 g/mol. The van der Waals surface area contributed by atoms with E-state index >= 15 is 0 Å². The van der Waals surface area contributed by atoms with Crippen LogP contribution in [0.2, 0.25) is 0 Å². The van der Waals surface area contributed by atoms with Gasteiger partial charge in [-0.05, 0) is 6.42 Å². The molecule has 1 atom stereocenters. The van der Waals surface area contributed by atoms with E-state index in [2.05, 4.69) is 5.14 Å². The monoisotopic (exact) mass is 199 g/mol. The Morgan fingerprint density at radius 3 is 2.27 bits per heavy atom. The third-order valence-electron chi connectivity index (χ3n) is 1.17. The molecule has 6 heteroatoms. The minimum absolute atomic E-state index is 0.159. The summed E-state index contributed by atoms with van der Waals surface area (Å²) in [6, 6.07) is 0. The molecule has 68 valence electrons. The van der Waals surface area contributed by atoms with Crippen molar-refractivity contribution < 1.29 is 12.6 Å². The van der Waals surface area contributed by atoms with E-state index in [9.17, 15) is 12.6 Å². The summed E-state index contributed by atoms with van der Waals surface area (Å²) in [5, 5.41) is 4.63. The summed E-state index contributed by atoms with van der Waals surface area (Å²) in [7, 11) is -5.70. The van der Waals surface area contributed by atoms with Crippen LogP contribution in [-0.2, 0) is 18.9 Å². The summed E-state index contributed by atoms with van der Waals surface area (Å²) in [6.45, 7) is 1.99. The van der Waals surface area contributed by atoms with Gasteiger partial charge in [-0.3, -0.25) is 0 Å². The molecular formula is C5H13NO3S2. The van der Waals surface area contributed by atoms with Crippen LogP contribution in [0.5, 0.6) is 0 Å². The van der Waals surface area contributed by atoms with Crippen molar-refractivity contribution in [3.05, 3.63) is 0 Å². The van der Waals surface area contributed by atoms with E-state index in [1.165, 1.54) is 0 Å². The van der Waals surface area contributed by atoms with E-state index in [1.54, 1.807) is 0 Å². The summed E-state index contributed by atoms with van der Waals surface area (Å²) >= 11 is 0. The fourth-order valence-electron chi connectivity index (χ4n) is 0.586. The molecule has 0 bridgehead atoms. The topological polar surface area (TPSA) is 77.2 Å². The van der Waals surface area contributed by atoms with Crippen LogP contribution in [0.3, 0.4) is 0 Å². The van der Waals surface area contributed by atoms with Crippen molar-refractivity contribution in [3.63, 3.8) is 0 Å². The normalized spacial score (nSPS) is 14.7. The largest absolute Gasteiger partial charge is 0.290 e. The fourth-order valence-corrected chi connectivity index (χ4v) is 2.31. The summed E-state index contributed by atoms with van der Waals surface area (Å²) < 4.78 is 31.5. The van der Waals surface area contributed by atoms with Crippen molar-refractivity contribution in [2.24, 2.45) is 5.14 Å². The molecule has 0 amide bonds. The van der Waals surface area contributed by atoms with Gasteiger partial charge in [-0.25, -0.2) is 9.35 Å². The number of rotatable bonds is 5. The molecule has 0 aliphatic rings. The van der Waals surface area contributed by atoms with Gasteiger partial charge in [-0.15, -0.1) is 0 Å².